The van der Waals surface area contributed by atoms with E-state index in [1.807, 2.05) is 0 Å². The molecule has 0 saturated heterocycles. The smallest absolute Gasteiger partial charge is 0.324 e. The molecule has 2 N–H and O–H groups in total. The van der Waals surface area contributed by atoms with Gasteiger partial charge in [-0.05, 0) is 6.42 Å². The van der Waals surface area contributed by atoms with Crippen LogP contribution in [0.25, 0.3) is 0 Å². The van der Waals surface area contributed by atoms with Crippen LogP contribution in [0.5, 0.6) is 0 Å². The van der Waals surface area contributed by atoms with E-state index in [1.54, 1.807) is 0 Å². The van der Waals surface area contributed by atoms with Crippen molar-refractivity contribution >= 4 is 7.60 Å². The summed E-state index contributed by atoms with van der Waals surface area (Å²) >= 11 is 0. The summed E-state index contributed by atoms with van der Waals surface area (Å²) < 4.78 is 10.5. The Morgan fingerprint density at radius 3 is 2.10 bits per heavy atom. The second-order valence-electron chi connectivity index (χ2n) is 1.92. The Balaban J connectivity index is 4.20. The summed E-state index contributed by atoms with van der Waals surface area (Å²) in [6.45, 7) is 6.68. The topological polar surface area (TPSA) is 57.5 Å². The summed E-state index contributed by atoms with van der Waals surface area (Å²) in [5, 5.41) is 0. The van der Waals surface area contributed by atoms with Gasteiger partial charge in [0.1, 0.15) is 0 Å². The molecule has 58 valence electrons. The van der Waals surface area contributed by atoms with E-state index >= 15 is 0 Å². The van der Waals surface area contributed by atoms with Crippen molar-refractivity contribution in [3.63, 3.8) is 0 Å². The van der Waals surface area contributed by atoms with Crippen LogP contribution in [-0.2, 0) is 4.57 Å². The lowest BCUT2D eigenvalue weighted by Crippen LogP contribution is -2.01. The molecular weight excluding hydrogens is 151 g/mol. The predicted octanol–water partition coefficient (Wildman–Crippen LogP) is 1.29. The van der Waals surface area contributed by atoms with Gasteiger partial charge in [0.25, 0.3) is 0 Å². The lowest BCUT2D eigenvalue weighted by Gasteiger charge is -2.10. The maximum Gasteiger partial charge on any atom is 0.332 e. The molecule has 10 heavy (non-hydrogen) atoms. The SMILES string of the molecule is C=CCC(C=C)P(=O)(O)O. The third-order valence-electron chi connectivity index (χ3n) is 1.11. The van der Waals surface area contributed by atoms with Gasteiger partial charge in [-0.15, -0.1) is 13.2 Å². The Hall–Kier alpha value is -0.370. The fourth-order valence-electron chi connectivity index (χ4n) is 0.542. The van der Waals surface area contributed by atoms with Crippen LogP contribution in [0.4, 0.5) is 0 Å². The van der Waals surface area contributed by atoms with Gasteiger partial charge in [-0.1, -0.05) is 12.2 Å². The van der Waals surface area contributed by atoms with Gasteiger partial charge in [-0.25, -0.2) is 0 Å². The minimum atomic E-state index is -3.98. The molecule has 1 unspecified atom stereocenters. The average molecular weight is 162 g/mol. The number of hydrogen-bond donors (Lipinski definition) is 2. The molecule has 0 heterocycles. The fourth-order valence-corrected chi connectivity index (χ4v) is 1.24. The van der Waals surface area contributed by atoms with Gasteiger partial charge < -0.3 is 9.79 Å². The van der Waals surface area contributed by atoms with Crippen molar-refractivity contribution in [3.8, 4) is 0 Å². The monoisotopic (exact) mass is 162 g/mol. The quantitative estimate of drug-likeness (QED) is 0.483. The van der Waals surface area contributed by atoms with Gasteiger partial charge >= 0.3 is 7.60 Å². The molecule has 0 aromatic heterocycles. The van der Waals surface area contributed by atoms with E-state index in [4.69, 9.17) is 9.79 Å². The van der Waals surface area contributed by atoms with E-state index < -0.39 is 13.3 Å². The highest BCUT2D eigenvalue weighted by atomic mass is 31.2. The molecule has 0 radical (unpaired) electrons. The van der Waals surface area contributed by atoms with Crippen LogP contribution in [0.1, 0.15) is 6.42 Å². The minimum Gasteiger partial charge on any atom is -0.324 e. The van der Waals surface area contributed by atoms with Crippen molar-refractivity contribution in [1.82, 2.24) is 0 Å². The van der Waals surface area contributed by atoms with E-state index in [9.17, 15) is 4.57 Å². The van der Waals surface area contributed by atoms with Crippen LogP contribution in [-0.4, -0.2) is 15.4 Å². The zero-order valence-electron chi connectivity index (χ0n) is 5.60. The lowest BCUT2D eigenvalue weighted by atomic mass is 10.3. The van der Waals surface area contributed by atoms with Crippen LogP contribution in [0, 0.1) is 0 Å². The van der Waals surface area contributed by atoms with Crippen LogP contribution in [0.15, 0.2) is 25.3 Å². The van der Waals surface area contributed by atoms with Crippen molar-refractivity contribution in [2.24, 2.45) is 0 Å². The zero-order chi connectivity index (χ0) is 8.20. The molecule has 4 heteroatoms. The summed E-state index contributed by atoms with van der Waals surface area (Å²) in [5.74, 6) is 0. The van der Waals surface area contributed by atoms with Crippen LogP contribution in [0.2, 0.25) is 0 Å². The first-order valence-corrected chi connectivity index (χ1v) is 4.49. The normalized spacial score (nSPS) is 14.2. The Bertz CT molecular complexity index is 170. The molecule has 0 fully saturated rings. The average Bonchev–Trinajstić information content (AvgIpc) is 1.80. The van der Waals surface area contributed by atoms with Gasteiger partial charge in [0, 0.05) is 0 Å². The van der Waals surface area contributed by atoms with Gasteiger partial charge in [0.2, 0.25) is 0 Å². The highest BCUT2D eigenvalue weighted by molar-refractivity contribution is 7.52. The molecule has 0 bridgehead atoms. The summed E-state index contributed by atoms with van der Waals surface area (Å²) in [7, 11) is -3.98. The predicted molar refractivity (Wildman–Crippen MR) is 40.8 cm³/mol. The van der Waals surface area contributed by atoms with E-state index in [1.165, 1.54) is 12.2 Å². The highest BCUT2D eigenvalue weighted by Crippen LogP contribution is 2.43. The van der Waals surface area contributed by atoms with E-state index in [0.717, 1.165) is 0 Å². The van der Waals surface area contributed by atoms with E-state index in [0.29, 0.717) is 0 Å². The lowest BCUT2D eigenvalue weighted by molar-refractivity contribution is 0.365. The molecule has 1 atom stereocenters. The minimum absolute atomic E-state index is 0.272. The van der Waals surface area contributed by atoms with Crippen molar-refractivity contribution < 1.29 is 14.4 Å². The van der Waals surface area contributed by atoms with Gasteiger partial charge in [-0.2, -0.15) is 0 Å². The summed E-state index contributed by atoms with van der Waals surface area (Å²) in [4.78, 5) is 17.2. The van der Waals surface area contributed by atoms with Gasteiger partial charge in [-0.3, -0.25) is 4.57 Å². The number of allylic oxidation sites excluding steroid dienone is 2. The largest absolute Gasteiger partial charge is 0.332 e. The molecule has 0 aliphatic heterocycles. The molecule has 0 spiro atoms. The zero-order valence-corrected chi connectivity index (χ0v) is 6.50. The van der Waals surface area contributed by atoms with Gasteiger partial charge in [0.05, 0.1) is 5.66 Å². The maximum atomic E-state index is 10.5. The molecule has 0 aliphatic rings. The van der Waals surface area contributed by atoms with Crippen molar-refractivity contribution in [3.05, 3.63) is 25.3 Å². The first-order valence-electron chi connectivity index (χ1n) is 2.81. The Morgan fingerprint density at radius 1 is 1.50 bits per heavy atom. The third kappa shape index (κ3) is 2.97. The maximum absolute atomic E-state index is 10.5. The number of rotatable bonds is 4. The fraction of sp³-hybridized carbons (Fsp3) is 0.333. The number of hydrogen-bond acceptors (Lipinski definition) is 1. The molecule has 0 aliphatic carbocycles. The second-order valence-corrected chi connectivity index (χ2v) is 3.76. The second kappa shape index (κ2) is 3.71. The summed E-state index contributed by atoms with van der Waals surface area (Å²) in [6.07, 6.45) is 2.99. The van der Waals surface area contributed by atoms with Crippen molar-refractivity contribution in [1.29, 1.82) is 0 Å². The summed E-state index contributed by atoms with van der Waals surface area (Å²) in [6, 6.07) is 0. The van der Waals surface area contributed by atoms with Crippen LogP contribution >= 0.6 is 7.60 Å². The van der Waals surface area contributed by atoms with E-state index in [-0.39, 0.29) is 6.42 Å². The molecule has 0 rings (SSSR count). The van der Waals surface area contributed by atoms with Crippen LogP contribution < -0.4 is 0 Å². The summed E-state index contributed by atoms with van der Waals surface area (Å²) in [5.41, 5.74) is -0.773. The molecule has 0 aromatic rings. The highest BCUT2D eigenvalue weighted by Gasteiger charge is 2.23. The first-order chi connectivity index (χ1) is 4.52. The molecule has 0 aromatic carbocycles. The van der Waals surface area contributed by atoms with Crippen LogP contribution in [0.3, 0.4) is 0 Å². The Labute approximate surface area is 60.2 Å². The Morgan fingerprint density at radius 2 is 2.00 bits per heavy atom. The van der Waals surface area contributed by atoms with Crippen molar-refractivity contribution in [2.45, 2.75) is 12.1 Å². The molecule has 0 amide bonds. The van der Waals surface area contributed by atoms with E-state index in [2.05, 4.69) is 13.2 Å². The standard InChI is InChI=1S/C6H11O3P/c1-3-5-6(4-2)10(7,8)9/h3-4,6H,1-2,5H2,(H2,7,8,9). The third-order valence-corrected chi connectivity index (χ3v) is 2.40. The first kappa shape index (κ1) is 9.63. The molecule has 0 saturated carbocycles. The molecular formula is C6H11O3P. The Kier molecular flexibility index (Phi) is 3.58. The van der Waals surface area contributed by atoms with Gasteiger partial charge in [0.15, 0.2) is 0 Å². The van der Waals surface area contributed by atoms with Crippen molar-refractivity contribution in [2.75, 3.05) is 0 Å². The molecule has 3 nitrogen and oxygen atoms in total.